The normalized spacial score (nSPS) is 19.9. The number of aromatic amines is 2. The number of halogens is 2. The molecule has 2 aromatic heterocycles. The van der Waals surface area contributed by atoms with E-state index >= 15 is 4.39 Å². The molecule has 324 valence electrons. The molecule has 5 N–H and O–H groups in total. The lowest BCUT2D eigenvalue weighted by Gasteiger charge is -2.26. The molecule has 2 aliphatic carbocycles. The number of amides is 1. The monoisotopic (exact) mass is 842 g/mol. The van der Waals surface area contributed by atoms with E-state index in [1.54, 1.807) is 43.8 Å². The number of carbonyl (C=O) groups excluding carboxylic acids is 1. The molecular weight excluding hydrogens is 791 g/mol. The molecule has 61 heavy (non-hydrogen) atoms. The average Bonchev–Trinajstić information content (AvgIpc) is 4.09. The van der Waals surface area contributed by atoms with E-state index in [4.69, 9.17) is 23.6 Å². The van der Waals surface area contributed by atoms with Gasteiger partial charge in [-0.3, -0.25) is 28.7 Å². The third-order valence-electron chi connectivity index (χ3n) is 12.1. The van der Waals surface area contributed by atoms with Crippen LogP contribution < -0.4 is 43.3 Å². The van der Waals surface area contributed by atoms with Crippen LogP contribution in [0.4, 0.5) is 25.0 Å². The number of rotatable bonds is 9. The maximum atomic E-state index is 15.3. The van der Waals surface area contributed by atoms with Crippen molar-refractivity contribution in [2.75, 3.05) is 49.1 Å². The van der Waals surface area contributed by atoms with E-state index < -0.39 is 51.9 Å². The average molecular weight is 843 g/mol. The Morgan fingerprint density at radius 2 is 1.25 bits per heavy atom. The quantitative estimate of drug-likeness (QED) is 0.174. The van der Waals surface area contributed by atoms with Crippen LogP contribution in [-0.2, 0) is 4.74 Å². The van der Waals surface area contributed by atoms with Crippen molar-refractivity contribution in [2.24, 2.45) is 17.6 Å². The Bertz CT molecular complexity index is 2710. The van der Waals surface area contributed by atoms with Crippen LogP contribution in [0.1, 0.15) is 82.5 Å². The first-order valence-corrected chi connectivity index (χ1v) is 20.8. The van der Waals surface area contributed by atoms with Gasteiger partial charge in [-0.15, -0.1) is 0 Å². The van der Waals surface area contributed by atoms with Gasteiger partial charge in [-0.1, -0.05) is 0 Å². The zero-order valence-electron chi connectivity index (χ0n) is 35.1. The molecule has 4 fully saturated rings. The summed E-state index contributed by atoms with van der Waals surface area (Å²) in [5, 5.41) is 3.18. The minimum Gasteiger partial charge on any atom is -0.444 e. The molecule has 4 aromatic rings. The first-order valence-electron chi connectivity index (χ1n) is 20.8. The zero-order valence-corrected chi connectivity index (χ0v) is 35.1. The maximum absolute atomic E-state index is 15.3. The van der Waals surface area contributed by atoms with E-state index in [0.717, 1.165) is 32.1 Å². The predicted octanol–water partition coefficient (Wildman–Crippen LogP) is 4.66. The predicted molar refractivity (Wildman–Crippen MR) is 228 cm³/mol. The van der Waals surface area contributed by atoms with Crippen LogP contribution in [0.5, 0.6) is 0 Å². The molecule has 2 saturated carbocycles. The molecule has 2 aliphatic heterocycles. The van der Waals surface area contributed by atoms with E-state index in [2.05, 4.69) is 25.0 Å². The highest BCUT2D eigenvalue weighted by Crippen LogP contribution is 2.41. The van der Waals surface area contributed by atoms with Gasteiger partial charge in [-0.25, -0.2) is 36.3 Å². The van der Waals surface area contributed by atoms with E-state index in [0.29, 0.717) is 66.1 Å². The summed E-state index contributed by atoms with van der Waals surface area (Å²) in [6.45, 7) is 25.6. The second kappa shape index (κ2) is 16.8. The summed E-state index contributed by atoms with van der Waals surface area (Å²) < 4.78 is 38.8. The Hall–Kier alpha value is -6.01. The standard InChI is InChI=1S/C24H30FN5O4.C19H22FN5O2/c1-13-19-16(21(31)28-22(32)30(19)15-6-7-15)10-17(25)20(13)29-9-8-14(12-29)18(11-26-5)27-23(33)34-24(2,3)4;1-10-16-13(18(26)23-19(27)25(16)12-3-4-12)7-14(20)17(10)24-6-5-11(9-24)15(21)8-22-2/h10,14-15,18H,6-9,11-12H2,1-4H3,(H,27,33)(H,28,31,32);7,11-12,15H,3-6,8-9,21H2,1H3,(H,23,26,27)/t14-,18?;11-,15?/m11/s1. The number of hydrogen-bond donors (Lipinski definition) is 4. The Labute approximate surface area is 350 Å². The number of alkyl carbamates (subject to hydrolysis) is 1. The fourth-order valence-corrected chi connectivity index (χ4v) is 9.05. The van der Waals surface area contributed by atoms with Crippen LogP contribution in [0.15, 0.2) is 31.3 Å². The highest BCUT2D eigenvalue weighted by Gasteiger charge is 2.37. The summed E-state index contributed by atoms with van der Waals surface area (Å²) in [6.07, 6.45) is 4.30. The van der Waals surface area contributed by atoms with Gasteiger partial charge in [0.1, 0.15) is 23.3 Å². The molecule has 2 saturated heterocycles. The van der Waals surface area contributed by atoms with Crippen molar-refractivity contribution in [1.29, 1.82) is 0 Å². The maximum Gasteiger partial charge on any atom is 0.408 e. The van der Waals surface area contributed by atoms with Gasteiger partial charge in [-0.05, 0) is 85.3 Å². The van der Waals surface area contributed by atoms with E-state index in [1.807, 2.05) is 9.80 Å². The van der Waals surface area contributed by atoms with E-state index in [9.17, 15) is 28.4 Å². The molecule has 2 unspecified atom stereocenters. The molecule has 0 bridgehead atoms. The minimum atomic E-state index is -0.658. The van der Waals surface area contributed by atoms with Gasteiger partial charge in [0.05, 0.1) is 39.2 Å². The Morgan fingerprint density at radius 1 is 0.803 bits per heavy atom. The number of ether oxygens (including phenoxy) is 1. The molecule has 4 atom stereocenters. The van der Waals surface area contributed by atoms with Crippen molar-refractivity contribution < 1.29 is 18.3 Å². The van der Waals surface area contributed by atoms with Gasteiger partial charge >= 0.3 is 17.5 Å². The summed E-state index contributed by atoms with van der Waals surface area (Å²) in [4.78, 5) is 77.2. The van der Waals surface area contributed by atoms with Gasteiger partial charge in [0, 0.05) is 61.2 Å². The Morgan fingerprint density at radius 3 is 1.67 bits per heavy atom. The number of H-pyrrole nitrogens is 2. The number of fused-ring (bicyclic) bond motifs is 2. The van der Waals surface area contributed by atoms with Gasteiger partial charge in [0.15, 0.2) is 0 Å². The first kappa shape index (κ1) is 43.1. The van der Waals surface area contributed by atoms with Crippen molar-refractivity contribution in [3.63, 3.8) is 0 Å². The lowest BCUT2D eigenvalue weighted by molar-refractivity contribution is 0.0493. The van der Waals surface area contributed by atoms with Gasteiger partial charge in [0.2, 0.25) is 13.1 Å². The molecule has 4 aliphatic rings. The van der Waals surface area contributed by atoms with Crippen LogP contribution in [0.2, 0.25) is 0 Å². The first-order chi connectivity index (χ1) is 28.9. The largest absolute Gasteiger partial charge is 0.444 e. The second-order valence-corrected chi connectivity index (χ2v) is 17.8. The van der Waals surface area contributed by atoms with E-state index in [-0.39, 0.29) is 53.8 Å². The fraction of sp³-hybridized carbons (Fsp3) is 0.558. The third kappa shape index (κ3) is 8.77. The lowest BCUT2D eigenvalue weighted by Crippen LogP contribution is -2.45. The molecule has 16 nitrogen and oxygen atoms in total. The second-order valence-electron chi connectivity index (χ2n) is 17.8. The Kier molecular flexibility index (Phi) is 11.9. The topological polar surface area (TPSA) is 189 Å². The number of nitrogens with one attached hydrogen (secondary N) is 3. The summed E-state index contributed by atoms with van der Waals surface area (Å²) >= 11 is 0. The number of nitrogens with two attached hydrogens (primary N) is 1. The van der Waals surface area contributed by atoms with Crippen LogP contribution in [0.25, 0.3) is 31.5 Å². The SMILES string of the molecule is [C-]#[N+]CC(N)[C@@H]1CCN(c2c(F)cc3c(=O)[nH]c(=O)n(C4CC4)c3c2C)C1.[C-]#[N+]CC(NC(=O)OC(C)(C)C)[C@@H]1CCN(c2c(F)cc3c(=O)[nH]c(=O)n(C4CC4)c3c2C)C1. The van der Waals surface area contributed by atoms with Crippen LogP contribution >= 0.6 is 0 Å². The van der Waals surface area contributed by atoms with Gasteiger partial charge in [-0.2, -0.15) is 0 Å². The zero-order chi connectivity index (χ0) is 44.1. The van der Waals surface area contributed by atoms with Crippen molar-refractivity contribution in [1.82, 2.24) is 24.4 Å². The molecular formula is C43H52F2N10O6. The highest BCUT2D eigenvalue weighted by molar-refractivity contribution is 5.88. The lowest BCUT2D eigenvalue weighted by atomic mass is 9.99. The summed E-state index contributed by atoms with van der Waals surface area (Å²) in [5.74, 6) is -0.954. The molecule has 0 radical (unpaired) electrons. The van der Waals surface area contributed by atoms with Crippen LogP contribution in [0.3, 0.4) is 0 Å². The van der Waals surface area contributed by atoms with Gasteiger partial charge in [0.25, 0.3) is 11.1 Å². The number of anilines is 2. The number of aromatic nitrogens is 4. The highest BCUT2D eigenvalue weighted by atomic mass is 19.1. The number of nitrogens with zero attached hydrogens (tertiary/aromatic N) is 6. The minimum absolute atomic E-state index is 0.0104. The summed E-state index contributed by atoms with van der Waals surface area (Å²) in [6, 6.07) is 1.85. The van der Waals surface area contributed by atoms with Crippen LogP contribution in [-0.4, -0.2) is 82.1 Å². The summed E-state index contributed by atoms with van der Waals surface area (Å²) in [7, 11) is 0. The molecule has 4 heterocycles. The van der Waals surface area contributed by atoms with Crippen molar-refractivity contribution in [3.05, 3.63) is 99.4 Å². The number of benzene rings is 2. The number of aryl methyl sites for hydroxylation is 2. The fourth-order valence-electron chi connectivity index (χ4n) is 9.05. The molecule has 8 rings (SSSR count). The van der Waals surface area contributed by atoms with Crippen molar-refractivity contribution >= 4 is 39.3 Å². The van der Waals surface area contributed by atoms with Gasteiger partial charge < -0.3 is 35.3 Å². The number of hydrogen-bond acceptors (Lipinski definition) is 9. The van der Waals surface area contributed by atoms with Crippen molar-refractivity contribution in [2.45, 2.75) is 103 Å². The number of carbonyl (C=O) groups is 1. The molecule has 1 amide bonds. The third-order valence-corrected chi connectivity index (χ3v) is 12.1. The smallest absolute Gasteiger partial charge is 0.408 e. The molecule has 0 spiro atoms. The Balaban J connectivity index is 0.000000189. The van der Waals surface area contributed by atoms with Crippen molar-refractivity contribution in [3.8, 4) is 0 Å². The summed E-state index contributed by atoms with van der Waals surface area (Å²) in [5.41, 5.74) is 6.31. The van der Waals surface area contributed by atoms with E-state index in [1.165, 1.54) is 12.1 Å². The molecule has 2 aromatic carbocycles. The molecule has 18 heteroatoms. The van der Waals surface area contributed by atoms with Crippen LogP contribution in [0, 0.1) is 50.5 Å².